The molecule has 0 aromatic heterocycles. The first-order valence-electron chi connectivity index (χ1n) is 4.30. The van der Waals surface area contributed by atoms with Gasteiger partial charge in [0.05, 0.1) is 0 Å². The van der Waals surface area contributed by atoms with E-state index in [1.165, 1.54) is 0 Å². The van der Waals surface area contributed by atoms with Gasteiger partial charge in [0.15, 0.2) is 0 Å². The zero-order valence-electron chi connectivity index (χ0n) is 6.65. The second kappa shape index (κ2) is 4.94. The zero-order valence-corrected chi connectivity index (χ0v) is 7.41. The molecule has 1 saturated carbocycles. The maximum Gasteiger partial charge on any atom is 0.100 e. The first kappa shape index (κ1) is 9.27. The van der Waals surface area contributed by atoms with Gasteiger partial charge in [0.25, 0.3) is 0 Å². The molecule has 0 heterocycles. The van der Waals surface area contributed by atoms with Crippen molar-refractivity contribution in [2.45, 2.75) is 38.3 Å². The van der Waals surface area contributed by atoms with Crippen LogP contribution in [0.1, 0.15) is 32.1 Å². The lowest BCUT2D eigenvalue weighted by Crippen LogP contribution is -2.17. The summed E-state index contributed by atoms with van der Waals surface area (Å²) in [7, 11) is 0. The van der Waals surface area contributed by atoms with Gasteiger partial charge < -0.3 is 0 Å². The van der Waals surface area contributed by atoms with E-state index in [1.54, 1.807) is 0 Å². The summed E-state index contributed by atoms with van der Waals surface area (Å²) in [6.45, 7) is 0.850. The van der Waals surface area contributed by atoms with Crippen molar-refractivity contribution in [3.63, 3.8) is 0 Å². The van der Waals surface area contributed by atoms with Crippen molar-refractivity contribution >= 4 is 11.8 Å². The van der Waals surface area contributed by atoms with Gasteiger partial charge in [0.2, 0.25) is 0 Å². The Kier molecular flexibility index (Phi) is 4.16. The highest BCUT2D eigenvalue weighted by atomic mass is 35.5. The summed E-state index contributed by atoms with van der Waals surface area (Å²) in [4.78, 5) is 2.60. The van der Waals surface area contributed by atoms with Gasteiger partial charge in [-0.15, -0.1) is 0 Å². The summed E-state index contributed by atoms with van der Waals surface area (Å²) in [5.41, 5.74) is 0. The summed E-state index contributed by atoms with van der Waals surface area (Å²) in [5, 5.41) is 0. The summed E-state index contributed by atoms with van der Waals surface area (Å²) in [6.07, 6.45) is 4.16. The van der Waals surface area contributed by atoms with Crippen molar-refractivity contribution in [3.05, 3.63) is 0 Å². The second-order valence-electron chi connectivity index (χ2n) is 3.29. The summed E-state index contributed by atoms with van der Waals surface area (Å²) < 4.78 is 12.6. The van der Waals surface area contributed by atoms with Gasteiger partial charge in [-0.3, -0.25) is 0 Å². The zero-order chi connectivity index (χ0) is 8.10. The molecule has 0 spiro atoms. The van der Waals surface area contributed by atoms with Crippen LogP contribution in [0.5, 0.6) is 0 Å². The number of alkyl halides is 1. The molecular formula is C8H15ClFN. The van der Waals surface area contributed by atoms with E-state index < -0.39 is 6.17 Å². The highest BCUT2D eigenvalue weighted by molar-refractivity contribution is 6.13. The molecule has 11 heavy (non-hydrogen) atoms. The van der Waals surface area contributed by atoms with Crippen LogP contribution in [-0.4, -0.2) is 12.7 Å². The fourth-order valence-corrected chi connectivity index (χ4v) is 1.78. The molecule has 0 atom stereocenters. The molecule has 66 valence electrons. The topological polar surface area (TPSA) is 12.0 Å². The van der Waals surface area contributed by atoms with Crippen molar-refractivity contribution in [1.82, 2.24) is 4.84 Å². The van der Waals surface area contributed by atoms with Crippen molar-refractivity contribution in [1.29, 1.82) is 0 Å². The molecule has 0 radical (unpaired) electrons. The SMILES string of the molecule is FC1CCC(CCNCl)CC1. The van der Waals surface area contributed by atoms with E-state index >= 15 is 0 Å². The largest absolute Gasteiger partial charge is 0.247 e. The van der Waals surface area contributed by atoms with Crippen LogP contribution in [0.3, 0.4) is 0 Å². The van der Waals surface area contributed by atoms with Crippen molar-refractivity contribution < 1.29 is 4.39 Å². The Balaban J connectivity index is 2.07. The molecule has 3 heteroatoms. The van der Waals surface area contributed by atoms with Crippen LogP contribution < -0.4 is 4.84 Å². The number of nitrogens with one attached hydrogen (secondary N) is 1. The Bertz CT molecular complexity index is 99.5. The van der Waals surface area contributed by atoms with Crippen LogP contribution in [0.25, 0.3) is 0 Å². The second-order valence-corrected chi connectivity index (χ2v) is 3.56. The molecule has 1 rings (SSSR count). The number of hydrogen-bond donors (Lipinski definition) is 1. The highest BCUT2D eigenvalue weighted by Crippen LogP contribution is 2.27. The van der Waals surface area contributed by atoms with E-state index in [9.17, 15) is 4.39 Å². The third kappa shape index (κ3) is 3.39. The molecule has 1 aliphatic rings. The van der Waals surface area contributed by atoms with Gasteiger partial charge in [-0.2, -0.15) is 0 Å². The van der Waals surface area contributed by atoms with Crippen LogP contribution in [0.2, 0.25) is 0 Å². The maximum absolute atomic E-state index is 12.6. The van der Waals surface area contributed by atoms with Crippen LogP contribution in [0.4, 0.5) is 4.39 Å². The van der Waals surface area contributed by atoms with Crippen LogP contribution >= 0.6 is 11.8 Å². The highest BCUT2D eigenvalue weighted by Gasteiger charge is 2.19. The minimum Gasteiger partial charge on any atom is -0.247 e. The van der Waals surface area contributed by atoms with E-state index in [4.69, 9.17) is 11.8 Å². The van der Waals surface area contributed by atoms with Gasteiger partial charge in [0.1, 0.15) is 6.17 Å². The smallest absolute Gasteiger partial charge is 0.100 e. The van der Waals surface area contributed by atoms with E-state index in [0.29, 0.717) is 5.92 Å². The average Bonchev–Trinajstić information content (AvgIpc) is 2.04. The molecular weight excluding hydrogens is 165 g/mol. The van der Waals surface area contributed by atoms with Gasteiger partial charge >= 0.3 is 0 Å². The standard InChI is InChI=1S/C8H15ClFN/c9-11-6-5-7-1-3-8(10)4-2-7/h7-8,11H,1-6H2. The van der Waals surface area contributed by atoms with E-state index in [2.05, 4.69) is 4.84 Å². The normalized spacial score (nSPS) is 32.2. The number of halogens is 2. The molecule has 0 aromatic rings. The number of rotatable bonds is 3. The molecule has 1 nitrogen and oxygen atoms in total. The third-order valence-corrected chi connectivity index (χ3v) is 2.61. The molecule has 0 amide bonds. The summed E-state index contributed by atoms with van der Waals surface area (Å²) >= 11 is 5.33. The van der Waals surface area contributed by atoms with Crippen molar-refractivity contribution in [2.75, 3.05) is 6.54 Å². The monoisotopic (exact) mass is 179 g/mol. The lowest BCUT2D eigenvalue weighted by molar-refractivity contribution is 0.202. The van der Waals surface area contributed by atoms with Gasteiger partial charge in [-0.1, -0.05) is 0 Å². The Morgan fingerprint density at radius 1 is 1.27 bits per heavy atom. The first-order chi connectivity index (χ1) is 5.33. The van der Waals surface area contributed by atoms with E-state index in [0.717, 1.165) is 38.6 Å². The average molecular weight is 180 g/mol. The van der Waals surface area contributed by atoms with Crippen molar-refractivity contribution in [2.24, 2.45) is 5.92 Å². The van der Waals surface area contributed by atoms with E-state index in [1.807, 2.05) is 0 Å². The fourth-order valence-electron chi connectivity index (χ4n) is 1.67. The third-order valence-electron chi connectivity index (χ3n) is 2.42. The Morgan fingerprint density at radius 3 is 2.45 bits per heavy atom. The van der Waals surface area contributed by atoms with Gasteiger partial charge in [0, 0.05) is 6.54 Å². The van der Waals surface area contributed by atoms with Crippen molar-refractivity contribution in [3.8, 4) is 0 Å². The lowest BCUT2D eigenvalue weighted by atomic mass is 9.86. The summed E-state index contributed by atoms with van der Waals surface area (Å²) in [5.74, 6) is 0.702. The number of hydrogen-bond acceptors (Lipinski definition) is 1. The molecule has 0 saturated heterocycles. The fraction of sp³-hybridized carbons (Fsp3) is 1.00. The van der Waals surface area contributed by atoms with Crippen LogP contribution in [-0.2, 0) is 0 Å². The van der Waals surface area contributed by atoms with E-state index in [-0.39, 0.29) is 0 Å². The predicted molar refractivity (Wildman–Crippen MR) is 45.3 cm³/mol. The minimum absolute atomic E-state index is 0.532. The lowest BCUT2D eigenvalue weighted by Gasteiger charge is -2.23. The molecule has 1 fully saturated rings. The molecule has 0 aromatic carbocycles. The predicted octanol–water partition coefficient (Wildman–Crippen LogP) is 2.65. The maximum atomic E-state index is 12.6. The van der Waals surface area contributed by atoms with Gasteiger partial charge in [-0.05, 0) is 49.8 Å². The quantitative estimate of drug-likeness (QED) is 0.657. The molecule has 1 N–H and O–H groups in total. The minimum atomic E-state index is -0.532. The Morgan fingerprint density at radius 2 is 1.91 bits per heavy atom. The molecule has 0 bridgehead atoms. The van der Waals surface area contributed by atoms with Crippen LogP contribution in [0, 0.1) is 5.92 Å². The molecule has 0 unspecified atom stereocenters. The van der Waals surface area contributed by atoms with Crippen LogP contribution in [0.15, 0.2) is 0 Å². The van der Waals surface area contributed by atoms with Gasteiger partial charge in [-0.25, -0.2) is 9.23 Å². The molecule has 0 aliphatic heterocycles. The first-order valence-corrected chi connectivity index (χ1v) is 4.68. The summed E-state index contributed by atoms with van der Waals surface area (Å²) in [6, 6.07) is 0. The Labute approximate surface area is 72.4 Å². The Hall–Kier alpha value is 0.180. The molecule has 1 aliphatic carbocycles.